The lowest BCUT2D eigenvalue weighted by molar-refractivity contribution is 0.218. The van der Waals surface area contributed by atoms with Crippen LogP contribution in [-0.4, -0.2) is 55.2 Å². The number of nitrogens with zero attached hydrogens (tertiary/aromatic N) is 2. The Labute approximate surface area is 146 Å². The zero-order valence-electron chi connectivity index (χ0n) is 15.6. The van der Waals surface area contributed by atoms with Crippen molar-refractivity contribution in [1.29, 1.82) is 0 Å². The SMILES string of the molecule is CCN(C)CC1CCN(C(=O)Nc2ccc(OC(C)C)cc2C)C1. The van der Waals surface area contributed by atoms with Crippen LogP contribution in [-0.2, 0) is 0 Å². The van der Waals surface area contributed by atoms with E-state index in [0.29, 0.717) is 5.92 Å². The molecule has 1 unspecified atom stereocenters. The third kappa shape index (κ3) is 5.13. The molecule has 1 aromatic rings. The minimum Gasteiger partial charge on any atom is -0.491 e. The zero-order valence-corrected chi connectivity index (χ0v) is 15.6. The Bertz CT molecular complexity index is 560. The second-order valence-corrected chi connectivity index (χ2v) is 7.03. The second-order valence-electron chi connectivity index (χ2n) is 7.03. The molecule has 5 nitrogen and oxygen atoms in total. The number of hydrogen-bond acceptors (Lipinski definition) is 3. The van der Waals surface area contributed by atoms with Gasteiger partial charge in [0.05, 0.1) is 6.10 Å². The van der Waals surface area contributed by atoms with Crippen molar-refractivity contribution in [2.45, 2.75) is 40.2 Å². The van der Waals surface area contributed by atoms with Gasteiger partial charge in [-0.2, -0.15) is 0 Å². The molecular formula is C19H31N3O2. The van der Waals surface area contributed by atoms with Gasteiger partial charge in [-0.3, -0.25) is 0 Å². The molecule has 1 saturated heterocycles. The van der Waals surface area contributed by atoms with Gasteiger partial charge in [0.15, 0.2) is 0 Å². The number of nitrogens with one attached hydrogen (secondary N) is 1. The first-order valence-corrected chi connectivity index (χ1v) is 8.90. The van der Waals surface area contributed by atoms with Crippen LogP contribution < -0.4 is 10.1 Å². The summed E-state index contributed by atoms with van der Waals surface area (Å²) in [5, 5.41) is 3.04. The smallest absolute Gasteiger partial charge is 0.321 e. The van der Waals surface area contributed by atoms with Gasteiger partial charge in [0.2, 0.25) is 0 Å². The van der Waals surface area contributed by atoms with Crippen LogP contribution in [0.3, 0.4) is 0 Å². The molecular weight excluding hydrogens is 302 g/mol. The van der Waals surface area contributed by atoms with Gasteiger partial charge in [0, 0.05) is 25.3 Å². The lowest BCUT2D eigenvalue weighted by Crippen LogP contribution is -2.34. The van der Waals surface area contributed by atoms with E-state index in [4.69, 9.17) is 4.74 Å². The van der Waals surface area contributed by atoms with Crippen molar-refractivity contribution in [3.05, 3.63) is 23.8 Å². The predicted molar refractivity (Wildman–Crippen MR) is 98.8 cm³/mol. The van der Waals surface area contributed by atoms with E-state index in [1.165, 1.54) is 0 Å². The molecule has 1 atom stereocenters. The zero-order chi connectivity index (χ0) is 17.7. The molecule has 0 aliphatic carbocycles. The quantitative estimate of drug-likeness (QED) is 0.865. The molecule has 0 aromatic heterocycles. The highest BCUT2D eigenvalue weighted by Crippen LogP contribution is 2.24. The molecule has 134 valence electrons. The summed E-state index contributed by atoms with van der Waals surface area (Å²) in [4.78, 5) is 16.7. The molecule has 2 amide bonds. The molecule has 1 aliphatic heterocycles. The molecule has 1 N–H and O–H groups in total. The summed E-state index contributed by atoms with van der Waals surface area (Å²) < 4.78 is 5.69. The standard InChI is InChI=1S/C19H31N3O2/c1-6-21(5)12-16-9-10-22(13-16)19(23)20-18-8-7-17(11-15(18)4)24-14(2)3/h7-8,11,14,16H,6,9-10,12-13H2,1-5H3,(H,20,23). The Kier molecular flexibility index (Phi) is 6.49. The molecule has 1 heterocycles. The normalized spacial score (nSPS) is 17.6. The third-order valence-corrected chi connectivity index (χ3v) is 4.49. The number of rotatable bonds is 6. The van der Waals surface area contributed by atoms with E-state index in [0.717, 1.165) is 49.6 Å². The van der Waals surface area contributed by atoms with Crippen LogP contribution in [0.2, 0.25) is 0 Å². The number of anilines is 1. The van der Waals surface area contributed by atoms with Crippen LogP contribution in [0.4, 0.5) is 10.5 Å². The molecule has 2 rings (SSSR count). The molecule has 1 fully saturated rings. The number of carbonyl (C=O) groups excluding carboxylic acids is 1. The first-order valence-electron chi connectivity index (χ1n) is 8.90. The van der Waals surface area contributed by atoms with E-state index in [2.05, 4.69) is 24.2 Å². The molecule has 5 heteroatoms. The van der Waals surface area contributed by atoms with Crippen molar-refractivity contribution < 1.29 is 9.53 Å². The Hall–Kier alpha value is -1.75. The van der Waals surface area contributed by atoms with Crippen LogP contribution in [0.25, 0.3) is 0 Å². The minimum atomic E-state index is -0.00252. The van der Waals surface area contributed by atoms with Crippen molar-refractivity contribution in [1.82, 2.24) is 9.80 Å². The van der Waals surface area contributed by atoms with Gasteiger partial charge in [-0.15, -0.1) is 0 Å². The number of ether oxygens (including phenoxy) is 1. The highest BCUT2D eigenvalue weighted by atomic mass is 16.5. The number of likely N-dealkylation sites (tertiary alicyclic amines) is 1. The summed E-state index contributed by atoms with van der Waals surface area (Å²) in [7, 11) is 2.13. The topological polar surface area (TPSA) is 44.8 Å². The van der Waals surface area contributed by atoms with Crippen LogP contribution in [0.15, 0.2) is 18.2 Å². The molecule has 0 saturated carbocycles. The van der Waals surface area contributed by atoms with Gasteiger partial charge in [-0.1, -0.05) is 6.92 Å². The second kappa shape index (κ2) is 8.38. The predicted octanol–water partition coefficient (Wildman–Crippen LogP) is 3.59. The van der Waals surface area contributed by atoms with Gasteiger partial charge in [0.25, 0.3) is 0 Å². The lowest BCUT2D eigenvalue weighted by atomic mass is 10.1. The van der Waals surface area contributed by atoms with Crippen molar-refractivity contribution in [2.75, 3.05) is 38.5 Å². The molecule has 1 aliphatic rings. The average Bonchev–Trinajstić information content (AvgIpc) is 2.97. The van der Waals surface area contributed by atoms with E-state index < -0.39 is 0 Å². The van der Waals surface area contributed by atoms with E-state index in [9.17, 15) is 4.79 Å². The van der Waals surface area contributed by atoms with Gasteiger partial charge >= 0.3 is 6.03 Å². The number of hydrogen-bond donors (Lipinski definition) is 1. The maximum absolute atomic E-state index is 12.5. The van der Waals surface area contributed by atoms with Crippen LogP contribution >= 0.6 is 0 Å². The Morgan fingerprint density at radius 1 is 1.46 bits per heavy atom. The van der Waals surface area contributed by atoms with Crippen LogP contribution in [0, 0.1) is 12.8 Å². The number of aryl methyl sites for hydroxylation is 1. The molecule has 0 spiro atoms. The highest BCUT2D eigenvalue weighted by Gasteiger charge is 2.27. The maximum Gasteiger partial charge on any atom is 0.321 e. The van der Waals surface area contributed by atoms with Gasteiger partial charge < -0.3 is 19.9 Å². The number of amides is 2. The summed E-state index contributed by atoms with van der Waals surface area (Å²) >= 11 is 0. The number of benzene rings is 1. The largest absolute Gasteiger partial charge is 0.491 e. The molecule has 0 bridgehead atoms. The number of carbonyl (C=O) groups is 1. The van der Waals surface area contributed by atoms with Crippen LogP contribution in [0.1, 0.15) is 32.8 Å². The Morgan fingerprint density at radius 3 is 2.83 bits per heavy atom. The van der Waals surface area contributed by atoms with Crippen molar-refractivity contribution in [2.24, 2.45) is 5.92 Å². The maximum atomic E-state index is 12.5. The van der Waals surface area contributed by atoms with Gasteiger partial charge in [-0.25, -0.2) is 4.79 Å². The van der Waals surface area contributed by atoms with Gasteiger partial charge in [-0.05, 0) is 70.5 Å². The summed E-state index contributed by atoms with van der Waals surface area (Å²) in [6.45, 7) is 11.9. The van der Waals surface area contributed by atoms with E-state index in [1.807, 2.05) is 43.9 Å². The fourth-order valence-electron chi connectivity index (χ4n) is 3.05. The van der Waals surface area contributed by atoms with Crippen molar-refractivity contribution in [3.63, 3.8) is 0 Å². The molecule has 24 heavy (non-hydrogen) atoms. The Balaban J connectivity index is 1.91. The monoisotopic (exact) mass is 333 g/mol. The fraction of sp³-hybridized carbons (Fsp3) is 0.632. The van der Waals surface area contributed by atoms with Crippen LogP contribution in [0.5, 0.6) is 5.75 Å². The van der Waals surface area contributed by atoms with Gasteiger partial charge in [0.1, 0.15) is 5.75 Å². The highest BCUT2D eigenvalue weighted by molar-refractivity contribution is 5.90. The lowest BCUT2D eigenvalue weighted by Gasteiger charge is -2.21. The van der Waals surface area contributed by atoms with E-state index in [1.54, 1.807) is 0 Å². The van der Waals surface area contributed by atoms with Crippen molar-refractivity contribution in [3.8, 4) is 5.75 Å². The molecule has 1 aromatic carbocycles. The summed E-state index contributed by atoms with van der Waals surface area (Å²) in [6, 6.07) is 5.80. The molecule has 0 radical (unpaired) electrons. The number of urea groups is 1. The summed E-state index contributed by atoms with van der Waals surface area (Å²) in [5.74, 6) is 1.41. The first-order chi connectivity index (χ1) is 11.4. The summed E-state index contributed by atoms with van der Waals surface area (Å²) in [5.41, 5.74) is 1.87. The van der Waals surface area contributed by atoms with Crippen molar-refractivity contribution >= 4 is 11.7 Å². The first kappa shape index (κ1) is 18.6. The summed E-state index contributed by atoms with van der Waals surface area (Å²) in [6.07, 6.45) is 1.23. The fourth-order valence-corrected chi connectivity index (χ4v) is 3.05. The minimum absolute atomic E-state index is 0.00252. The average molecular weight is 333 g/mol. The van der Waals surface area contributed by atoms with E-state index >= 15 is 0 Å². The Morgan fingerprint density at radius 2 is 2.21 bits per heavy atom. The van der Waals surface area contributed by atoms with E-state index in [-0.39, 0.29) is 12.1 Å². The third-order valence-electron chi connectivity index (χ3n) is 4.49.